The molecule has 0 saturated carbocycles. The van der Waals surface area contributed by atoms with Gasteiger partial charge < -0.3 is 14.8 Å². The Hall–Kier alpha value is -2.04. The van der Waals surface area contributed by atoms with Gasteiger partial charge in [0.05, 0.1) is 13.5 Å². The molecule has 0 aliphatic rings. The number of aromatic amines is 1. The second-order valence-electron chi connectivity index (χ2n) is 3.80. The Kier molecular flexibility index (Phi) is 2.75. The molecule has 2 aromatic rings. The van der Waals surface area contributed by atoms with Crippen molar-refractivity contribution in [2.45, 2.75) is 13.3 Å². The molecule has 0 atom stereocenters. The van der Waals surface area contributed by atoms with Crippen molar-refractivity contribution < 1.29 is 19.0 Å². The first-order valence-corrected chi connectivity index (χ1v) is 5.10. The Bertz CT molecular complexity index is 589. The fourth-order valence-corrected chi connectivity index (χ4v) is 1.87. The van der Waals surface area contributed by atoms with Gasteiger partial charge in [-0.3, -0.25) is 4.79 Å². The minimum atomic E-state index is -0.717. The first-order chi connectivity index (χ1) is 8.04. The number of methoxy groups -OCH3 is 1. The van der Waals surface area contributed by atoms with Gasteiger partial charge in [0.2, 0.25) is 0 Å². The number of aromatic hydroxyl groups is 1. The number of nitrogens with one attached hydrogen (secondary N) is 1. The number of H-pyrrole nitrogens is 1. The van der Waals surface area contributed by atoms with Crippen LogP contribution < -0.4 is 0 Å². The first-order valence-electron chi connectivity index (χ1n) is 5.10. The molecule has 17 heavy (non-hydrogen) atoms. The second kappa shape index (κ2) is 4.08. The lowest BCUT2D eigenvalue weighted by Gasteiger charge is -2.02. The summed E-state index contributed by atoms with van der Waals surface area (Å²) in [5, 5.41) is 9.58. The van der Waals surface area contributed by atoms with Crippen molar-refractivity contribution in [2.75, 3.05) is 7.11 Å². The molecule has 0 aliphatic carbocycles. The molecule has 0 bridgehead atoms. The number of phenols is 1. The van der Waals surface area contributed by atoms with Crippen LogP contribution in [0.4, 0.5) is 4.39 Å². The highest BCUT2D eigenvalue weighted by molar-refractivity contribution is 5.90. The lowest BCUT2D eigenvalue weighted by atomic mass is 10.1. The zero-order chi connectivity index (χ0) is 12.6. The Morgan fingerprint density at radius 3 is 2.88 bits per heavy atom. The van der Waals surface area contributed by atoms with Crippen LogP contribution >= 0.6 is 0 Å². The van der Waals surface area contributed by atoms with Crippen LogP contribution in [0.1, 0.15) is 11.3 Å². The first kappa shape index (κ1) is 11.4. The van der Waals surface area contributed by atoms with E-state index in [1.807, 2.05) is 0 Å². The Balaban J connectivity index is 2.65. The van der Waals surface area contributed by atoms with Crippen LogP contribution in [0.2, 0.25) is 0 Å². The summed E-state index contributed by atoms with van der Waals surface area (Å²) in [6, 6.07) is 2.84. The molecule has 0 fully saturated rings. The molecule has 0 spiro atoms. The number of esters is 1. The van der Waals surface area contributed by atoms with Crippen LogP contribution in [0.5, 0.6) is 5.75 Å². The Morgan fingerprint density at radius 1 is 1.53 bits per heavy atom. The van der Waals surface area contributed by atoms with Gasteiger partial charge in [-0.2, -0.15) is 0 Å². The number of carbonyl (C=O) groups is 1. The lowest BCUT2D eigenvalue weighted by Crippen LogP contribution is -2.05. The maximum Gasteiger partial charge on any atom is 0.310 e. The quantitative estimate of drug-likeness (QED) is 0.785. The third-order valence-electron chi connectivity index (χ3n) is 2.75. The van der Waals surface area contributed by atoms with Crippen LogP contribution in [-0.2, 0) is 16.0 Å². The molecule has 0 radical (unpaired) electrons. The van der Waals surface area contributed by atoms with Gasteiger partial charge >= 0.3 is 5.97 Å². The maximum absolute atomic E-state index is 13.8. The number of aryl methyl sites for hydroxylation is 1. The van der Waals surface area contributed by atoms with Crippen molar-refractivity contribution >= 4 is 16.9 Å². The smallest absolute Gasteiger partial charge is 0.310 e. The fourth-order valence-electron chi connectivity index (χ4n) is 1.87. The predicted molar refractivity (Wildman–Crippen MR) is 60.4 cm³/mol. The van der Waals surface area contributed by atoms with E-state index < -0.39 is 17.5 Å². The van der Waals surface area contributed by atoms with Crippen LogP contribution in [0.25, 0.3) is 10.9 Å². The average molecular weight is 237 g/mol. The zero-order valence-corrected chi connectivity index (χ0v) is 9.50. The molecular formula is C12H12FNO3. The van der Waals surface area contributed by atoms with E-state index in [0.717, 1.165) is 0 Å². The normalized spacial score (nSPS) is 10.8. The predicted octanol–water partition coefficient (Wildman–Crippen LogP) is 2.04. The summed E-state index contributed by atoms with van der Waals surface area (Å²) < 4.78 is 18.4. The summed E-state index contributed by atoms with van der Waals surface area (Å²) in [5.74, 6) is -1.59. The van der Waals surface area contributed by atoms with Gasteiger partial charge in [0, 0.05) is 16.6 Å². The summed E-state index contributed by atoms with van der Waals surface area (Å²) >= 11 is 0. The highest BCUT2D eigenvalue weighted by atomic mass is 19.1. The number of carbonyl (C=O) groups excluding carboxylic acids is 1. The number of phenolic OH excluding ortho intramolecular Hbond substituents is 1. The van der Waals surface area contributed by atoms with Gasteiger partial charge in [-0.1, -0.05) is 0 Å². The van der Waals surface area contributed by atoms with E-state index in [2.05, 4.69) is 9.72 Å². The minimum Gasteiger partial charge on any atom is -0.505 e. The van der Waals surface area contributed by atoms with Crippen LogP contribution in [0.3, 0.4) is 0 Å². The molecule has 4 nitrogen and oxygen atoms in total. The molecule has 1 aromatic heterocycles. The van der Waals surface area contributed by atoms with E-state index in [9.17, 15) is 14.3 Å². The van der Waals surface area contributed by atoms with E-state index in [-0.39, 0.29) is 11.8 Å². The molecule has 1 aromatic carbocycles. The Labute approximate surface area is 97.0 Å². The van der Waals surface area contributed by atoms with Crippen LogP contribution in [-0.4, -0.2) is 23.2 Å². The molecular weight excluding hydrogens is 225 g/mol. The van der Waals surface area contributed by atoms with E-state index in [4.69, 9.17) is 0 Å². The minimum absolute atomic E-state index is 0.0251. The molecule has 0 unspecified atom stereocenters. The SMILES string of the molecule is COC(=O)Cc1c(C)[nH]c2ccc(O)c(F)c12. The number of hydrogen-bond acceptors (Lipinski definition) is 3. The van der Waals surface area contributed by atoms with Gasteiger partial charge in [-0.05, 0) is 24.6 Å². The van der Waals surface area contributed by atoms with Crippen molar-refractivity contribution in [2.24, 2.45) is 0 Å². The number of rotatable bonds is 2. The van der Waals surface area contributed by atoms with E-state index in [1.165, 1.54) is 13.2 Å². The average Bonchev–Trinajstić information content (AvgIpc) is 2.61. The molecule has 1 heterocycles. The van der Waals surface area contributed by atoms with Crippen LogP contribution in [0.15, 0.2) is 12.1 Å². The lowest BCUT2D eigenvalue weighted by molar-refractivity contribution is -0.139. The molecule has 0 amide bonds. The maximum atomic E-state index is 13.8. The number of hydrogen-bond donors (Lipinski definition) is 2. The Morgan fingerprint density at radius 2 is 2.24 bits per heavy atom. The largest absolute Gasteiger partial charge is 0.505 e. The fraction of sp³-hybridized carbons (Fsp3) is 0.250. The topological polar surface area (TPSA) is 62.3 Å². The molecule has 5 heteroatoms. The summed E-state index contributed by atoms with van der Waals surface area (Å²) in [4.78, 5) is 14.2. The van der Waals surface area contributed by atoms with Gasteiger partial charge in [0.1, 0.15) is 0 Å². The van der Waals surface area contributed by atoms with E-state index >= 15 is 0 Å². The third-order valence-corrected chi connectivity index (χ3v) is 2.75. The highest BCUT2D eigenvalue weighted by Gasteiger charge is 2.17. The number of fused-ring (bicyclic) bond motifs is 1. The van der Waals surface area contributed by atoms with Crippen LogP contribution in [0, 0.1) is 12.7 Å². The summed E-state index contributed by atoms with van der Waals surface area (Å²) in [6.45, 7) is 1.74. The second-order valence-corrected chi connectivity index (χ2v) is 3.80. The summed E-state index contributed by atoms with van der Waals surface area (Å²) in [5.41, 5.74) is 1.76. The zero-order valence-electron chi connectivity index (χ0n) is 9.50. The number of benzene rings is 1. The van der Waals surface area contributed by atoms with Gasteiger partial charge in [-0.25, -0.2) is 4.39 Å². The summed E-state index contributed by atoms with van der Waals surface area (Å²) in [7, 11) is 1.28. The van der Waals surface area contributed by atoms with E-state index in [1.54, 1.807) is 13.0 Å². The van der Waals surface area contributed by atoms with E-state index in [0.29, 0.717) is 16.8 Å². The summed E-state index contributed by atoms with van der Waals surface area (Å²) in [6.07, 6.45) is -0.0251. The number of aromatic nitrogens is 1. The number of halogens is 1. The molecule has 2 N–H and O–H groups in total. The van der Waals surface area contributed by atoms with Crippen molar-refractivity contribution in [3.05, 3.63) is 29.2 Å². The molecule has 90 valence electrons. The van der Waals surface area contributed by atoms with Gasteiger partial charge in [0.15, 0.2) is 11.6 Å². The van der Waals surface area contributed by atoms with Gasteiger partial charge in [-0.15, -0.1) is 0 Å². The molecule has 0 aliphatic heterocycles. The monoisotopic (exact) mass is 237 g/mol. The number of ether oxygens (including phenoxy) is 1. The van der Waals surface area contributed by atoms with Crippen molar-refractivity contribution in [1.82, 2.24) is 4.98 Å². The van der Waals surface area contributed by atoms with Crippen molar-refractivity contribution in [1.29, 1.82) is 0 Å². The van der Waals surface area contributed by atoms with Crippen molar-refractivity contribution in [3.63, 3.8) is 0 Å². The highest BCUT2D eigenvalue weighted by Crippen LogP contribution is 2.30. The molecule has 2 rings (SSSR count). The third kappa shape index (κ3) is 1.84. The standard InChI is InChI=1S/C12H12FNO3/c1-6-7(5-10(16)17-2)11-8(14-6)3-4-9(15)12(11)13/h3-4,14-15H,5H2,1-2H3. The van der Waals surface area contributed by atoms with Crippen molar-refractivity contribution in [3.8, 4) is 5.75 Å². The van der Waals surface area contributed by atoms with Gasteiger partial charge in [0.25, 0.3) is 0 Å². The molecule has 0 saturated heterocycles.